The van der Waals surface area contributed by atoms with E-state index in [9.17, 15) is 8.78 Å². The molecule has 0 aromatic carbocycles. The zero-order chi connectivity index (χ0) is 11.5. The van der Waals surface area contributed by atoms with Gasteiger partial charge in [-0.1, -0.05) is 20.8 Å². The van der Waals surface area contributed by atoms with E-state index in [4.69, 9.17) is 0 Å². The van der Waals surface area contributed by atoms with E-state index in [2.05, 4.69) is 31.1 Å². The fourth-order valence-electron chi connectivity index (χ4n) is 0.995. The van der Waals surface area contributed by atoms with E-state index in [1.54, 1.807) is 6.07 Å². The fraction of sp³-hybridized carbons (Fsp3) is 0.545. The van der Waals surface area contributed by atoms with Crippen LogP contribution >= 0.6 is 0 Å². The van der Waals surface area contributed by atoms with Gasteiger partial charge >= 0.3 is 0 Å². The molecule has 84 valence electrons. The number of nitrogens with one attached hydrogen (secondary N) is 1. The van der Waals surface area contributed by atoms with Gasteiger partial charge in [0.1, 0.15) is 5.82 Å². The lowest BCUT2D eigenvalue weighted by molar-refractivity contribution is 0.151. The van der Waals surface area contributed by atoms with Crippen molar-refractivity contribution in [2.24, 2.45) is 5.41 Å². The molecule has 1 heterocycles. The van der Waals surface area contributed by atoms with Crippen molar-refractivity contribution in [3.63, 3.8) is 0 Å². The van der Waals surface area contributed by atoms with Crippen molar-refractivity contribution in [2.45, 2.75) is 27.2 Å². The second-order valence-corrected chi connectivity index (χ2v) is 4.69. The Bertz CT molecular complexity index is 301. The Hall–Kier alpha value is -1.19. The summed E-state index contributed by atoms with van der Waals surface area (Å²) in [6, 6.07) is 2.97. The normalized spacial score (nSPS) is 11.9. The van der Waals surface area contributed by atoms with Crippen molar-refractivity contribution in [1.82, 2.24) is 4.98 Å². The number of aromatic nitrogens is 1. The monoisotopic (exact) mass is 214 g/mol. The van der Waals surface area contributed by atoms with Gasteiger partial charge in [-0.2, -0.15) is 0 Å². The Kier molecular flexibility index (Phi) is 3.61. The van der Waals surface area contributed by atoms with Crippen LogP contribution in [-0.4, -0.2) is 11.5 Å². The molecule has 0 radical (unpaired) electrons. The average molecular weight is 214 g/mol. The third-order valence-electron chi connectivity index (χ3n) is 1.84. The van der Waals surface area contributed by atoms with Gasteiger partial charge in [-0.05, 0) is 17.5 Å². The van der Waals surface area contributed by atoms with Crippen LogP contribution in [0, 0.1) is 5.41 Å². The topological polar surface area (TPSA) is 24.9 Å². The maximum absolute atomic E-state index is 12.2. The van der Waals surface area contributed by atoms with Crippen molar-refractivity contribution >= 4 is 5.82 Å². The minimum atomic E-state index is -2.45. The molecule has 0 aliphatic heterocycles. The molecule has 0 bridgehead atoms. The first-order valence-corrected chi connectivity index (χ1v) is 4.86. The summed E-state index contributed by atoms with van der Waals surface area (Å²) in [5.41, 5.74) is 0.0968. The van der Waals surface area contributed by atoms with Crippen molar-refractivity contribution < 1.29 is 8.78 Å². The smallest absolute Gasteiger partial charge is 0.265 e. The van der Waals surface area contributed by atoms with Gasteiger partial charge in [0.2, 0.25) is 0 Å². The first-order valence-electron chi connectivity index (χ1n) is 4.86. The molecule has 0 amide bonds. The minimum Gasteiger partial charge on any atom is -0.370 e. The SMILES string of the molecule is CC(C)(C)CNc1ccc(C(F)F)cn1. The number of rotatable bonds is 3. The van der Waals surface area contributed by atoms with Gasteiger partial charge in [-0.15, -0.1) is 0 Å². The van der Waals surface area contributed by atoms with Gasteiger partial charge in [-0.3, -0.25) is 0 Å². The lowest BCUT2D eigenvalue weighted by Crippen LogP contribution is -2.19. The maximum atomic E-state index is 12.2. The second-order valence-electron chi connectivity index (χ2n) is 4.69. The van der Waals surface area contributed by atoms with Gasteiger partial charge in [0.25, 0.3) is 6.43 Å². The Morgan fingerprint density at radius 3 is 2.40 bits per heavy atom. The number of hydrogen-bond donors (Lipinski definition) is 1. The molecular formula is C11H16F2N2. The van der Waals surface area contributed by atoms with Crippen LogP contribution in [0.25, 0.3) is 0 Å². The summed E-state index contributed by atoms with van der Waals surface area (Å²) in [7, 11) is 0. The molecule has 0 unspecified atom stereocenters. The number of anilines is 1. The van der Waals surface area contributed by atoms with Crippen LogP contribution < -0.4 is 5.32 Å². The van der Waals surface area contributed by atoms with Crippen molar-refractivity contribution in [3.05, 3.63) is 23.9 Å². The predicted octanol–water partition coefficient (Wildman–Crippen LogP) is 3.48. The molecular weight excluding hydrogens is 198 g/mol. The molecule has 0 aliphatic rings. The fourth-order valence-corrected chi connectivity index (χ4v) is 0.995. The largest absolute Gasteiger partial charge is 0.370 e. The summed E-state index contributed by atoms with van der Waals surface area (Å²) in [5.74, 6) is 0.634. The highest BCUT2D eigenvalue weighted by atomic mass is 19.3. The van der Waals surface area contributed by atoms with Gasteiger partial charge in [0.15, 0.2) is 0 Å². The average Bonchev–Trinajstić information content (AvgIpc) is 2.14. The summed E-state index contributed by atoms with van der Waals surface area (Å²) < 4.78 is 24.4. The molecule has 0 saturated carbocycles. The van der Waals surface area contributed by atoms with Crippen LogP contribution in [0.15, 0.2) is 18.3 Å². The molecule has 0 aliphatic carbocycles. The highest BCUT2D eigenvalue weighted by Crippen LogP contribution is 2.19. The van der Waals surface area contributed by atoms with Crippen LogP contribution in [0.3, 0.4) is 0 Å². The lowest BCUT2D eigenvalue weighted by Gasteiger charge is -2.19. The number of alkyl halides is 2. The number of halogens is 2. The highest BCUT2D eigenvalue weighted by molar-refractivity contribution is 5.35. The Morgan fingerprint density at radius 1 is 1.33 bits per heavy atom. The molecule has 1 rings (SSSR count). The Balaban J connectivity index is 2.57. The molecule has 4 heteroatoms. The zero-order valence-electron chi connectivity index (χ0n) is 9.22. The van der Waals surface area contributed by atoms with E-state index in [1.807, 2.05) is 0 Å². The predicted molar refractivity (Wildman–Crippen MR) is 57.1 cm³/mol. The van der Waals surface area contributed by atoms with E-state index in [0.29, 0.717) is 5.82 Å². The van der Waals surface area contributed by atoms with Crippen molar-refractivity contribution in [3.8, 4) is 0 Å². The van der Waals surface area contributed by atoms with Crippen LogP contribution in [0.1, 0.15) is 32.8 Å². The summed E-state index contributed by atoms with van der Waals surface area (Å²) in [6.45, 7) is 7.03. The van der Waals surface area contributed by atoms with Gasteiger partial charge in [0.05, 0.1) is 0 Å². The first kappa shape index (κ1) is 11.9. The minimum absolute atomic E-state index is 0.0451. The molecule has 15 heavy (non-hydrogen) atoms. The van der Waals surface area contributed by atoms with E-state index in [1.165, 1.54) is 12.3 Å². The molecule has 0 spiro atoms. The van der Waals surface area contributed by atoms with Crippen LogP contribution in [0.2, 0.25) is 0 Å². The zero-order valence-corrected chi connectivity index (χ0v) is 9.22. The molecule has 2 nitrogen and oxygen atoms in total. The van der Waals surface area contributed by atoms with E-state index >= 15 is 0 Å². The van der Waals surface area contributed by atoms with Gasteiger partial charge < -0.3 is 5.32 Å². The Morgan fingerprint density at radius 2 is 2.00 bits per heavy atom. The molecule has 1 N–H and O–H groups in total. The maximum Gasteiger partial charge on any atom is 0.265 e. The van der Waals surface area contributed by atoms with Gasteiger partial charge in [-0.25, -0.2) is 13.8 Å². The Labute approximate surface area is 88.7 Å². The quantitative estimate of drug-likeness (QED) is 0.833. The molecule has 1 aromatic heterocycles. The summed E-state index contributed by atoms with van der Waals surface area (Å²) in [4.78, 5) is 3.91. The van der Waals surface area contributed by atoms with Crippen LogP contribution in [0.4, 0.5) is 14.6 Å². The van der Waals surface area contributed by atoms with Gasteiger partial charge in [0, 0.05) is 18.3 Å². The standard InChI is InChI=1S/C11H16F2N2/c1-11(2,3)7-15-9-5-4-8(6-14-9)10(12)13/h4-6,10H,7H2,1-3H3,(H,14,15). The number of hydrogen-bond acceptors (Lipinski definition) is 2. The van der Waals surface area contributed by atoms with E-state index in [0.717, 1.165) is 6.54 Å². The van der Waals surface area contributed by atoms with Crippen LogP contribution in [0.5, 0.6) is 0 Å². The third-order valence-corrected chi connectivity index (χ3v) is 1.84. The molecule has 0 fully saturated rings. The van der Waals surface area contributed by atoms with E-state index in [-0.39, 0.29) is 11.0 Å². The lowest BCUT2D eigenvalue weighted by atomic mass is 9.97. The summed E-state index contributed by atoms with van der Waals surface area (Å²) in [5, 5.41) is 3.09. The van der Waals surface area contributed by atoms with E-state index < -0.39 is 6.43 Å². The summed E-state index contributed by atoms with van der Waals surface area (Å²) in [6.07, 6.45) is -1.25. The molecule has 0 saturated heterocycles. The first-order chi connectivity index (χ1) is 6.88. The molecule has 1 aromatic rings. The van der Waals surface area contributed by atoms with Crippen molar-refractivity contribution in [2.75, 3.05) is 11.9 Å². The number of pyridine rings is 1. The second kappa shape index (κ2) is 4.55. The van der Waals surface area contributed by atoms with Crippen LogP contribution in [-0.2, 0) is 0 Å². The number of nitrogens with zero attached hydrogens (tertiary/aromatic N) is 1. The summed E-state index contributed by atoms with van der Waals surface area (Å²) >= 11 is 0. The molecule has 0 atom stereocenters. The van der Waals surface area contributed by atoms with Crippen molar-refractivity contribution in [1.29, 1.82) is 0 Å². The highest BCUT2D eigenvalue weighted by Gasteiger charge is 2.10. The third kappa shape index (κ3) is 4.23.